The minimum atomic E-state index is -4.56. The summed E-state index contributed by atoms with van der Waals surface area (Å²) in [5, 5.41) is 2.18. The van der Waals surface area contributed by atoms with Gasteiger partial charge in [-0.1, -0.05) is 12.1 Å². The van der Waals surface area contributed by atoms with E-state index in [1.165, 1.54) is 18.2 Å². The second kappa shape index (κ2) is 6.99. The molecule has 2 rings (SSSR count). The molecule has 1 heterocycles. The average molecular weight is 329 g/mol. The fourth-order valence-electron chi connectivity index (χ4n) is 2.34. The van der Waals surface area contributed by atoms with Crippen molar-refractivity contribution in [2.45, 2.75) is 12.6 Å². The monoisotopic (exact) mass is 329 g/mol. The van der Waals surface area contributed by atoms with Crippen LogP contribution in [-0.4, -0.2) is 54.8 Å². The van der Waals surface area contributed by atoms with Crippen molar-refractivity contribution in [3.8, 4) is 0 Å². The molecule has 0 aliphatic carbocycles. The van der Waals surface area contributed by atoms with Crippen molar-refractivity contribution < 1.29 is 22.8 Å². The van der Waals surface area contributed by atoms with Gasteiger partial charge < -0.3 is 15.1 Å². The second-order valence-corrected chi connectivity index (χ2v) is 5.45. The highest BCUT2D eigenvalue weighted by Gasteiger charge is 2.33. The van der Waals surface area contributed by atoms with Gasteiger partial charge in [-0.05, 0) is 19.2 Å². The lowest BCUT2D eigenvalue weighted by atomic mass is 10.1. The van der Waals surface area contributed by atoms with Gasteiger partial charge in [-0.3, -0.25) is 9.59 Å². The number of nitrogens with zero attached hydrogens (tertiary/aromatic N) is 2. The number of anilines is 1. The van der Waals surface area contributed by atoms with Crippen molar-refractivity contribution in [2.75, 3.05) is 38.5 Å². The number of rotatable bonds is 3. The Morgan fingerprint density at radius 1 is 1.13 bits per heavy atom. The summed E-state index contributed by atoms with van der Waals surface area (Å²) in [7, 11) is 1.93. The van der Waals surface area contributed by atoms with Gasteiger partial charge in [0.15, 0.2) is 0 Å². The predicted octanol–water partition coefficient (Wildman–Crippen LogP) is 1.81. The lowest BCUT2D eigenvalue weighted by Crippen LogP contribution is -2.47. The maximum atomic E-state index is 12.9. The number of hydrogen-bond acceptors (Lipinski definition) is 3. The van der Waals surface area contributed by atoms with E-state index in [1.807, 2.05) is 7.05 Å². The van der Waals surface area contributed by atoms with E-state index in [2.05, 4.69) is 10.2 Å². The highest BCUT2D eigenvalue weighted by Crippen LogP contribution is 2.34. The van der Waals surface area contributed by atoms with Crippen LogP contribution in [-0.2, 0) is 15.8 Å². The van der Waals surface area contributed by atoms with Crippen LogP contribution in [0, 0.1) is 0 Å². The smallest absolute Gasteiger partial charge is 0.340 e. The number of nitrogens with one attached hydrogen (secondary N) is 1. The predicted molar refractivity (Wildman–Crippen MR) is 78.8 cm³/mol. The molecule has 1 saturated heterocycles. The molecule has 5 nitrogen and oxygen atoms in total. The van der Waals surface area contributed by atoms with Gasteiger partial charge in [0.25, 0.3) is 0 Å². The van der Waals surface area contributed by atoms with Crippen molar-refractivity contribution in [3.05, 3.63) is 29.8 Å². The first-order valence-corrected chi connectivity index (χ1v) is 7.20. The van der Waals surface area contributed by atoms with Gasteiger partial charge in [-0.25, -0.2) is 0 Å². The summed E-state index contributed by atoms with van der Waals surface area (Å²) in [4.78, 5) is 27.5. The van der Waals surface area contributed by atoms with Crippen LogP contribution in [0.1, 0.15) is 12.0 Å². The molecule has 0 radical (unpaired) electrons. The molecule has 1 aromatic carbocycles. The molecule has 0 unspecified atom stereocenters. The fraction of sp³-hybridized carbons (Fsp3) is 0.467. The summed E-state index contributed by atoms with van der Waals surface area (Å²) < 4.78 is 38.6. The van der Waals surface area contributed by atoms with Gasteiger partial charge in [0.1, 0.15) is 6.42 Å². The average Bonchev–Trinajstić information content (AvgIpc) is 2.47. The number of hydrogen-bond donors (Lipinski definition) is 1. The Bertz CT molecular complexity index is 582. The van der Waals surface area contributed by atoms with Crippen LogP contribution in [0.3, 0.4) is 0 Å². The summed E-state index contributed by atoms with van der Waals surface area (Å²) in [5.74, 6) is -1.12. The summed E-state index contributed by atoms with van der Waals surface area (Å²) >= 11 is 0. The van der Waals surface area contributed by atoms with Gasteiger partial charge >= 0.3 is 6.18 Å². The molecule has 0 spiro atoms. The van der Waals surface area contributed by atoms with E-state index in [4.69, 9.17) is 0 Å². The number of carbonyl (C=O) groups is 2. The summed E-state index contributed by atoms with van der Waals surface area (Å²) in [6, 6.07) is 4.69. The molecule has 23 heavy (non-hydrogen) atoms. The minimum absolute atomic E-state index is 0.337. The number of likely N-dealkylation sites (N-methyl/N-ethyl adjacent to an activating group) is 1. The van der Waals surface area contributed by atoms with Crippen LogP contribution in [0.2, 0.25) is 0 Å². The number of para-hydroxylation sites is 1. The lowest BCUT2D eigenvalue weighted by molar-refractivity contribution is -0.137. The topological polar surface area (TPSA) is 52.7 Å². The van der Waals surface area contributed by atoms with Crippen molar-refractivity contribution in [1.82, 2.24) is 9.80 Å². The third-order valence-electron chi connectivity index (χ3n) is 3.67. The summed E-state index contributed by atoms with van der Waals surface area (Å²) in [6.07, 6.45) is -5.03. The molecule has 0 saturated carbocycles. The van der Waals surface area contributed by atoms with Crippen molar-refractivity contribution in [2.24, 2.45) is 0 Å². The number of piperazine rings is 1. The highest BCUT2D eigenvalue weighted by atomic mass is 19.4. The van der Waals surface area contributed by atoms with E-state index in [-0.39, 0.29) is 11.6 Å². The quantitative estimate of drug-likeness (QED) is 0.861. The Labute approximate surface area is 132 Å². The molecule has 0 bridgehead atoms. The molecule has 1 aromatic rings. The van der Waals surface area contributed by atoms with Crippen molar-refractivity contribution in [3.63, 3.8) is 0 Å². The maximum absolute atomic E-state index is 12.9. The van der Waals surface area contributed by atoms with Gasteiger partial charge in [0.05, 0.1) is 11.3 Å². The molecule has 126 valence electrons. The van der Waals surface area contributed by atoms with Crippen LogP contribution in [0.25, 0.3) is 0 Å². The van der Waals surface area contributed by atoms with Crippen LogP contribution in [0.15, 0.2) is 24.3 Å². The Morgan fingerprint density at radius 2 is 1.74 bits per heavy atom. The maximum Gasteiger partial charge on any atom is 0.418 e. The normalized spacial score (nSPS) is 16.3. The third kappa shape index (κ3) is 4.69. The van der Waals surface area contributed by atoms with E-state index in [0.29, 0.717) is 26.2 Å². The number of halogens is 3. The Balaban J connectivity index is 1.96. The number of amides is 2. The Hall–Kier alpha value is -2.09. The zero-order valence-electron chi connectivity index (χ0n) is 12.7. The van der Waals surface area contributed by atoms with E-state index in [1.54, 1.807) is 4.90 Å². The van der Waals surface area contributed by atoms with E-state index in [9.17, 15) is 22.8 Å². The fourth-order valence-corrected chi connectivity index (χ4v) is 2.34. The molecular weight excluding hydrogens is 311 g/mol. The van der Waals surface area contributed by atoms with E-state index in [0.717, 1.165) is 6.07 Å². The minimum Gasteiger partial charge on any atom is -0.340 e. The number of carbonyl (C=O) groups excluding carboxylic acids is 2. The molecule has 1 aliphatic heterocycles. The molecule has 2 amide bonds. The molecule has 0 atom stereocenters. The van der Waals surface area contributed by atoms with Gasteiger partial charge in [0.2, 0.25) is 11.8 Å². The highest BCUT2D eigenvalue weighted by molar-refractivity contribution is 6.03. The molecule has 1 fully saturated rings. The van der Waals surface area contributed by atoms with E-state index < -0.39 is 24.1 Å². The molecule has 0 aromatic heterocycles. The Morgan fingerprint density at radius 3 is 2.35 bits per heavy atom. The first-order valence-electron chi connectivity index (χ1n) is 7.20. The third-order valence-corrected chi connectivity index (χ3v) is 3.67. The van der Waals surface area contributed by atoms with Crippen LogP contribution < -0.4 is 5.32 Å². The number of alkyl halides is 3. The zero-order chi connectivity index (χ0) is 17.0. The largest absolute Gasteiger partial charge is 0.418 e. The second-order valence-electron chi connectivity index (χ2n) is 5.45. The first kappa shape index (κ1) is 17.3. The van der Waals surface area contributed by atoms with Crippen molar-refractivity contribution in [1.29, 1.82) is 0 Å². The first-order chi connectivity index (χ1) is 10.8. The summed E-state index contributed by atoms with van der Waals surface area (Å²) in [5.41, 5.74) is -1.27. The SMILES string of the molecule is CN1CCN(C(=O)CC(=O)Nc2ccccc2C(F)(F)F)CC1. The zero-order valence-corrected chi connectivity index (χ0v) is 12.7. The van der Waals surface area contributed by atoms with Crippen LogP contribution in [0.4, 0.5) is 18.9 Å². The Kier molecular flexibility index (Phi) is 5.25. The molecule has 8 heteroatoms. The molecule has 1 N–H and O–H groups in total. The van der Waals surface area contributed by atoms with Gasteiger partial charge in [-0.15, -0.1) is 0 Å². The van der Waals surface area contributed by atoms with E-state index >= 15 is 0 Å². The lowest BCUT2D eigenvalue weighted by Gasteiger charge is -2.32. The molecular formula is C15H18F3N3O2. The number of benzene rings is 1. The van der Waals surface area contributed by atoms with Crippen LogP contribution in [0.5, 0.6) is 0 Å². The van der Waals surface area contributed by atoms with Crippen LogP contribution >= 0.6 is 0 Å². The van der Waals surface area contributed by atoms with Crippen molar-refractivity contribution >= 4 is 17.5 Å². The molecule has 1 aliphatic rings. The summed E-state index contributed by atoms with van der Waals surface area (Å²) in [6.45, 7) is 2.46. The van der Waals surface area contributed by atoms with Gasteiger partial charge in [0, 0.05) is 26.2 Å². The standard InChI is InChI=1S/C15H18F3N3O2/c1-20-6-8-21(9-7-20)14(23)10-13(22)19-12-5-3-2-4-11(12)15(16,17)18/h2-5H,6-10H2,1H3,(H,19,22). The van der Waals surface area contributed by atoms with Gasteiger partial charge in [-0.2, -0.15) is 13.2 Å².